The molecule has 0 saturated heterocycles. The molecule has 2 rings (SSSR count). The smallest absolute Gasteiger partial charge is 0.272 e. The van der Waals surface area contributed by atoms with E-state index >= 15 is 0 Å². The fourth-order valence-electron chi connectivity index (χ4n) is 3.90. The van der Waals surface area contributed by atoms with E-state index in [2.05, 4.69) is 29.6 Å². The molecule has 1 aromatic heterocycles. The van der Waals surface area contributed by atoms with Crippen LogP contribution >= 0.6 is 0 Å². The van der Waals surface area contributed by atoms with E-state index in [1.807, 2.05) is 32.0 Å². The first-order valence-electron chi connectivity index (χ1n) is 12.2. The zero-order valence-electron chi connectivity index (χ0n) is 22.1. The Kier molecular flexibility index (Phi) is 10.8. The maximum Gasteiger partial charge on any atom is 0.272 e. The molecule has 0 fully saturated rings. The van der Waals surface area contributed by atoms with Crippen molar-refractivity contribution in [2.24, 2.45) is 17.6 Å². The molecule has 3 amide bonds. The Morgan fingerprint density at radius 3 is 2.28 bits per heavy atom. The minimum atomic E-state index is -0.626. The van der Waals surface area contributed by atoms with Gasteiger partial charge in [-0.05, 0) is 36.5 Å². The quantitative estimate of drug-likeness (QED) is 0.364. The van der Waals surface area contributed by atoms with E-state index in [4.69, 9.17) is 15.2 Å². The lowest BCUT2D eigenvalue weighted by atomic mass is 10.0. The number of hydrogen-bond acceptors (Lipinski definition) is 6. The fourth-order valence-corrected chi connectivity index (χ4v) is 3.90. The summed E-state index contributed by atoms with van der Waals surface area (Å²) in [5.74, 6) is 0.395. The van der Waals surface area contributed by atoms with E-state index < -0.39 is 11.9 Å². The molecule has 0 aliphatic heterocycles. The van der Waals surface area contributed by atoms with Crippen LogP contribution in [0.15, 0.2) is 24.3 Å². The highest BCUT2D eigenvalue weighted by molar-refractivity contribution is 5.94. The number of amides is 3. The molecule has 0 radical (unpaired) electrons. The second-order valence-corrected chi connectivity index (χ2v) is 9.39. The van der Waals surface area contributed by atoms with Gasteiger partial charge >= 0.3 is 0 Å². The highest BCUT2D eigenvalue weighted by Gasteiger charge is 2.24. The Hall–Kier alpha value is -3.56. The van der Waals surface area contributed by atoms with Gasteiger partial charge in [-0.2, -0.15) is 5.10 Å². The SMILES string of the molecule is CCC(C)Cn1nc(C(=O)N[C@H](CC(=O)NCC(N)=O)CC(C)C)cc1-c1c(OC)cccc1OC. The van der Waals surface area contributed by atoms with Crippen LogP contribution in [0.25, 0.3) is 11.3 Å². The first-order valence-corrected chi connectivity index (χ1v) is 12.2. The third kappa shape index (κ3) is 8.00. The third-order valence-electron chi connectivity index (χ3n) is 5.86. The molecule has 1 heterocycles. The van der Waals surface area contributed by atoms with Crippen LogP contribution in [0.3, 0.4) is 0 Å². The van der Waals surface area contributed by atoms with Crippen LogP contribution in [0.5, 0.6) is 11.5 Å². The molecule has 36 heavy (non-hydrogen) atoms. The predicted molar refractivity (Wildman–Crippen MR) is 138 cm³/mol. The molecule has 10 heteroatoms. The lowest BCUT2D eigenvalue weighted by Crippen LogP contribution is -2.41. The number of rotatable bonds is 14. The summed E-state index contributed by atoms with van der Waals surface area (Å²) in [6, 6.07) is 6.79. The highest BCUT2D eigenvalue weighted by atomic mass is 16.5. The highest BCUT2D eigenvalue weighted by Crippen LogP contribution is 2.39. The molecule has 1 unspecified atom stereocenters. The van der Waals surface area contributed by atoms with Crippen molar-refractivity contribution in [3.05, 3.63) is 30.0 Å². The number of nitrogens with one attached hydrogen (secondary N) is 2. The van der Waals surface area contributed by atoms with Crippen LogP contribution in [0.2, 0.25) is 0 Å². The number of carbonyl (C=O) groups excluding carboxylic acids is 3. The van der Waals surface area contributed by atoms with Gasteiger partial charge in [-0.15, -0.1) is 0 Å². The van der Waals surface area contributed by atoms with Crippen LogP contribution in [0.1, 0.15) is 57.4 Å². The van der Waals surface area contributed by atoms with Crippen molar-refractivity contribution in [2.75, 3.05) is 20.8 Å². The third-order valence-corrected chi connectivity index (χ3v) is 5.86. The zero-order valence-corrected chi connectivity index (χ0v) is 22.1. The van der Waals surface area contributed by atoms with Crippen LogP contribution in [-0.4, -0.2) is 54.3 Å². The number of methoxy groups -OCH3 is 2. The Bertz CT molecular complexity index is 1030. The van der Waals surface area contributed by atoms with E-state index in [0.717, 1.165) is 6.42 Å². The van der Waals surface area contributed by atoms with Gasteiger partial charge in [-0.3, -0.25) is 19.1 Å². The first kappa shape index (κ1) is 28.7. The number of aromatic nitrogens is 2. The van der Waals surface area contributed by atoms with E-state index in [-0.39, 0.29) is 36.4 Å². The van der Waals surface area contributed by atoms with E-state index in [1.165, 1.54) is 0 Å². The molecule has 0 aliphatic carbocycles. The Morgan fingerprint density at radius 1 is 1.11 bits per heavy atom. The summed E-state index contributed by atoms with van der Waals surface area (Å²) in [6.45, 7) is 8.59. The lowest BCUT2D eigenvalue weighted by Gasteiger charge is -2.19. The van der Waals surface area contributed by atoms with Crippen molar-refractivity contribution in [1.29, 1.82) is 0 Å². The van der Waals surface area contributed by atoms with Crippen molar-refractivity contribution in [1.82, 2.24) is 20.4 Å². The molecule has 2 atom stereocenters. The van der Waals surface area contributed by atoms with Crippen LogP contribution in [0, 0.1) is 11.8 Å². The Balaban J connectivity index is 2.40. The molecular formula is C26H39N5O5. The van der Waals surface area contributed by atoms with Gasteiger partial charge in [0.2, 0.25) is 11.8 Å². The van der Waals surface area contributed by atoms with Crippen LogP contribution in [-0.2, 0) is 16.1 Å². The van der Waals surface area contributed by atoms with Gasteiger partial charge in [-0.25, -0.2) is 0 Å². The normalized spacial score (nSPS) is 12.6. The average Bonchev–Trinajstić information content (AvgIpc) is 3.24. The number of benzene rings is 1. The molecular weight excluding hydrogens is 462 g/mol. The molecule has 198 valence electrons. The second kappa shape index (κ2) is 13.5. The van der Waals surface area contributed by atoms with Crippen molar-refractivity contribution in [3.8, 4) is 22.8 Å². The number of nitrogens with zero attached hydrogens (tertiary/aromatic N) is 2. The van der Waals surface area contributed by atoms with E-state index in [0.29, 0.717) is 41.6 Å². The van der Waals surface area contributed by atoms with Gasteiger partial charge in [-0.1, -0.05) is 40.2 Å². The minimum Gasteiger partial charge on any atom is -0.496 e. The number of nitrogens with two attached hydrogens (primary N) is 1. The number of primary amides is 1. The molecule has 10 nitrogen and oxygen atoms in total. The molecule has 4 N–H and O–H groups in total. The van der Waals surface area contributed by atoms with Gasteiger partial charge < -0.3 is 25.8 Å². The Labute approximate surface area is 212 Å². The van der Waals surface area contributed by atoms with Gasteiger partial charge in [0.1, 0.15) is 11.5 Å². The summed E-state index contributed by atoms with van der Waals surface area (Å²) >= 11 is 0. The van der Waals surface area contributed by atoms with Crippen molar-refractivity contribution in [2.45, 2.75) is 59.5 Å². The molecule has 0 saturated carbocycles. The fraction of sp³-hybridized carbons (Fsp3) is 0.538. The number of carbonyl (C=O) groups is 3. The largest absolute Gasteiger partial charge is 0.496 e. The van der Waals surface area contributed by atoms with E-state index in [1.54, 1.807) is 25.0 Å². The summed E-state index contributed by atoms with van der Waals surface area (Å²) in [6.07, 6.45) is 1.55. The zero-order chi connectivity index (χ0) is 26.8. The summed E-state index contributed by atoms with van der Waals surface area (Å²) in [5.41, 5.74) is 6.75. The summed E-state index contributed by atoms with van der Waals surface area (Å²) in [7, 11) is 3.17. The molecule has 0 aliphatic rings. The standard InChI is InChI=1S/C26H39N5O5/c1-7-17(4)15-31-20(25-21(35-5)9-8-10-22(25)36-6)13-19(30-31)26(34)29-18(11-16(2)3)12-24(33)28-14-23(27)32/h8-10,13,16-18H,7,11-12,14-15H2,1-6H3,(H2,27,32)(H,28,33)(H,29,34)/t17?,18-/m0/s1. The van der Waals surface area contributed by atoms with Crippen molar-refractivity contribution in [3.63, 3.8) is 0 Å². The average molecular weight is 502 g/mol. The molecule has 0 spiro atoms. The second-order valence-electron chi connectivity index (χ2n) is 9.39. The first-order chi connectivity index (χ1) is 17.1. The minimum absolute atomic E-state index is 0.0258. The Morgan fingerprint density at radius 2 is 1.75 bits per heavy atom. The van der Waals surface area contributed by atoms with Crippen LogP contribution < -0.4 is 25.8 Å². The molecule has 0 bridgehead atoms. The topological polar surface area (TPSA) is 138 Å². The maximum atomic E-state index is 13.3. The van der Waals surface area contributed by atoms with Gasteiger partial charge in [0.05, 0.1) is 32.0 Å². The molecule has 1 aromatic carbocycles. The summed E-state index contributed by atoms with van der Waals surface area (Å²) in [4.78, 5) is 36.5. The van der Waals surface area contributed by atoms with E-state index in [9.17, 15) is 14.4 Å². The summed E-state index contributed by atoms with van der Waals surface area (Å²) in [5, 5.41) is 10.0. The lowest BCUT2D eigenvalue weighted by molar-refractivity contribution is -0.125. The number of ether oxygens (including phenoxy) is 2. The maximum absolute atomic E-state index is 13.3. The van der Waals surface area contributed by atoms with Crippen LogP contribution in [0.4, 0.5) is 0 Å². The van der Waals surface area contributed by atoms with Gasteiger partial charge in [0.15, 0.2) is 5.69 Å². The summed E-state index contributed by atoms with van der Waals surface area (Å²) < 4.78 is 13.0. The predicted octanol–water partition coefficient (Wildman–Crippen LogP) is 2.75. The number of hydrogen-bond donors (Lipinski definition) is 3. The molecule has 2 aromatic rings. The van der Waals surface area contributed by atoms with Gasteiger partial charge in [0, 0.05) is 19.0 Å². The van der Waals surface area contributed by atoms with Crippen molar-refractivity contribution < 1.29 is 23.9 Å². The van der Waals surface area contributed by atoms with Crippen molar-refractivity contribution >= 4 is 17.7 Å². The van der Waals surface area contributed by atoms with Gasteiger partial charge in [0.25, 0.3) is 5.91 Å². The monoisotopic (exact) mass is 501 g/mol.